The monoisotopic (exact) mass is 396 g/mol. The Morgan fingerprint density at radius 2 is 1.86 bits per heavy atom. The van der Waals surface area contributed by atoms with Crippen molar-refractivity contribution in [3.8, 4) is 11.5 Å². The lowest BCUT2D eigenvalue weighted by molar-refractivity contribution is -0.384. The summed E-state index contributed by atoms with van der Waals surface area (Å²) in [5.41, 5.74) is 0.204. The molecular weight excluding hydrogens is 380 g/mol. The molecule has 29 heavy (non-hydrogen) atoms. The van der Waals surface area contributed by atoms with Crippen LogP contribution in [0.4, 0.5) is 11.4 Å². The molecule has 1 heterocycles. The van der Waals surface area contributed by atoms with Gasteiger partial charge in [-0.2, -0.15) is 5.10 Å². The molecule has 0 fully saturated rings. The highest BCUT2D eigenvalue weighted by molar-refractivity contribution is 6.10. The van der Waals surface area contributed by atoms with Crippen LogP contribution >= 0.6 is 0 Å². The fraction of sp³-hybridized carbons (Fsp3) is 0.105. The highest BCUT2D eigenvalue weighted by Crippen LogP contribution is 2.30. The summed E-state index contributed by atoms with van der Waals surface area (Å²) in [6.07, 6.45) is 1.25. The van der Waals surface area contributed by atoms with E-state index < -0.39 is 22.5 Å². The average Bonchev–Trinajstić information content (AvgIpc) is 3.06. The number of hydrogen-bond donors (Lipinski definition) is 2. The molecule has 0 saturated heterocycles. The van der Waals surface area contributed by atoms with E-state index in [2.05, 4.69) is 10.4 Å². The molecule has 2 aromatic carbocycles. The van der Waals surface area contributed by atoms with Gasteiger partial charge in [0.25, 0.3) is 11.6 Å². The maximum Gasteiger partial charge on any atom is 0.357 e. The third-order valence-electron chi connectivity index (χ3n) is 3.89. The van der Waals surface area contributed by atoms with Crippen LogP contribution in [0.5, 0.6) is 11.5 Å². The first-order valence-corrected chi connectivity index (χ1v) is 8.35. The number of nitro groups is 1. The molecule has 0 aliphatic heterocycles. The molecule has 148 valence electrons. The number of aryl methyl sites for hydroxylation is 2. The summed E-state index contributed by atoms with van der Waals surface area (Å²) in [4.78, 5) is 34.4. The number of ether oxygens (including phenoxy) is 1. The molecule has 0 spiro atoms. The van der Waals surface area contributed by atoms with Crippen molar-refractivity contribution in [3.05, 3.63) is 75.6 Å². The van der Waals surface area contributed by atoms with Crippen LogP contribution in [-0.2, 0) is 7.05 Å². The molecule has 0 atom stereocenters. The first-order chi connectivity index (χ1) is 13.7. The van der Waals surface area contributed by atoms with Crippen LogP contribution in [0.1, 0.15) is 26.4 Å². The molecule has 3 rings (SSSR count). The van der Waals surface area contributed by atoms with Gasteiger partial charge in [0.1, 0.15) is 11.5 Å². The topological polar surface area (TPSA) is 137 Å². The zero-order valence-electron chi connectivity index (χ0n) is 15.4. The molecule has 3 aromatic rings. The Kier molecular flexibility index (Phi) is 5.26. The average molecular weight is 396 g/mol. The first kappa shape index (κ1) is 19.5. The number of non-ortho nitro benzene ring substituents is 1. The molecule has 1 amide bonds. The van der Waals surface area contributed by atoms with Crippen molar-refractivity contribution in [1.82, 2.24) is 9.78 Å². The molecule has 10 heteroatoms. The normalized spacial score (nSPS) is 10.4. The number of benzene rings is 2. The minimum absolute atomic E-state index is 0.0755. The lowest BCUT2D eigenvalue weighted by Gasteiger charge is -2.09. The van der Waals surface area contributed by atoms with Crippen molar-refractivity contribution >= 4 is 23.3 Å². The summed E-state index contributed by atoms with van der Waals surface area (Å²) < 4.78 is 6.84. The molecule has 10 nitrogen and oxygen atoms in total. The summed E-state index contributed by atoms with van der Waals surface area (Å²) in [5.74, 6) is -1.52. The van der Waals surface area contributed by atoms with Gasteiger partial charge in [-0.25, -0.2) is 4.79 Å². The zero-order valence-corrected chi connectivity index (χ0v) is 15.4. The Hall–Kier alpha value is -4.21. The van der Waals surface area contributed by atoms with Crippen LogP contribution in [0.25, 0.3) is 0 Å². The number of aromatic carboxylic acids is 1. The predicted molar refractivity (Wildman–Crippen MR) is 102 cm³/mol. The van der Waals surface area contributed by atoms with Crippen molar-refractivity contribution in [3.63, 3.8) is 0 Å². The quantitative estimate of drug-likeness (QED) is 0.481. The smallest absolute Gasteiger partial charge is 0.357 e. The Labute approximate surface area is 164 Å². The van der Waals surface area contributed by atoms with E-state index in [-0.39, 0.29) is 22.7 Å². The van der Waals surface area contributed by atoms with Crippen LogP contribution in [0, 0.1) is 17.0 Å². The summed E-state index contributed by atoms with van der Waals surface area (Å²) >= 11 is 0. The summed E-state index contributed by atoms with van der Waals surface area (Å²) in [6, 6.07) is 10.8. The minimum atomic E-state index is -1.36. The van der Waals surface area contributed by atoms with E-state index in [1.807, 2.05) is 19.1 Å². The lowest BCUT2D eigenvalue weighted by atomic mass is 10.2. The maximum atomic E-state index is 12.5. The number of carbonyl (C=O) groups excluding carboxylic acids is 1. The Bertz CT molecular complexity index is 1100. The van der Waals surface area contributed by atoms with Crippen LogP contribution in [0.2, 0.25) is 0 Å². The van der Waals surface area contributed by atoms with Gasteiger partial charge in [-0.1, -0.05) is 17.7 Å². The van der Waals surface area contributed by atoms with Gasteiger partial charge in [0.2, 0.25) is 0 Å². The highest BCUT2D eigenvalue weighted by atomic mass is 16.6. The Morgan fingerprint density at radius 1 is 1.17 bits per heavy atom. The van der Waals surface area contributed by atoms with Crippen molar-refractivity contribution in [2.75, 3.05) is 5.32 Å². The number of carboxylic acid groups (broad SMARTS) is 1. The van der Waals surface area contributed by atoms with E-state index in [4.69, 9.17) is 4.74 Å². The number of carbonyl (C=O) groups is 2. The summed E-state index contributed by atoms with van der Waals surface area (Å²) in [5, 5.41) is 26.6. The molecule has 0 bridgehead atoms. The SMILES string of the molecule is Cc1ccc(Oc2cc(NC(=O)c3cn(C)nc3C(=O)O)cc([N+](=O)[O-])c2)cc1. The molecule has 2 N–H and O–H groups in total. The van der Waals surface area contributed by atoms with E-state index in [1.165, 1.54) is 30.1 Å². The number of nitrogens with one attached hydrogen (secondary N) is 1. The summed E-state index contributed by atoms with van der Waals surface area (Å²) in [7, 11) is 1.48. The van der Waals surface area contributed by atoms with Gasteiger partial charge >= 0.3 is 5.97 Å². The van der Waals surface area contributed by atoms with Gasteiger partial charge < -0.3 is 15.2 Å². The molecule has 1 aromatic heterocycles. The Morgan fingerprint density at radius 3 is 2.48 bits per heavy atom. The molecule has 0 unspecified atom stereocenters. The van der Waals surface area contributed by atoms with Gasteiger partial charge in [-0.3, -0.25) is 19.6 Å². The molecule has 0 saturated carbocycles. The van der Waals surface area contributed by atoms with Crippen molar-refractivity contribution in [2.24, 2.45) is 7.05 Å². The van der Waals surface area contributed by atoms with Crippen molar-refractivity contribution < 1.29 is 24.4 Å². The van der Waals surface area contributed by atoms with Gasteiger partial charge in [0, 0.05) is 25.4 Å². The van der Waals surface area contributed by atoms with Crippen LogP contribution in [0.3, 0.4) is 0 Å². The van der Waals surface area contributed by atoms with Crippen LogP contribution < -0.4 is 10.1 Å². The first-order valence-electron chi connectivity index (χ1n) is 8.35. The van der Waals surface area contributed by atoms with Gasteiger partial charge in [0.05, 0.1) is 22.2 Å². The third kappa shape index (κ3) is 4.56. The van der Waals surface area contributed by atoms with Crippen molar-refractivity contribution in [2.45, 2.75) is 6.92 Å². The van der Waals surface area contributed by atoms with Gasteiger partial charge in [0.15, 0.2) is 5.69 Å². The van der Waals surface area contributed by atoms with E-state index in [1.54, 1.807) is 12.1 Å². The predicted octanol–water partition coefficient (Wildman–Crippen LogP) is 3.38. The fourth-order valence-electron chi connectivity index (χ4n) is 2.57. The second-order valence-corrected chi connectivity index (χ2v) is 6.21. The van der Waals surface area contributed by atoms with E-state index >= 15 is 0 Å². The van der Waals surface area contributed by atoms with E-state index in [0.29, 0.717) is 5.75 Å². The number of anilines is 1. The van der Waals surface area contributed by atoms with E-state index in [0.717, 1.165) is 11.6 Å². The van der Waals surface area contributed by atoms with Crippen LogP contribution in [-0.4, -0.2) is 31.7 Å². The molecular formula is C19H16N4O6. The van der Waals surface area contributed by atoms with Gasteiger partial charge in [-0.15, -0.1) is 0 Å². The second kappa shape index (κ2) is 7.80. The number of hydrogen-bond acceptors (Lipinski definition) is 6. The zero-order chi connectivity index (χ0) is 21.1. The second-order valence-electron chi connectivity index (χ2n) is 6.21. The third-order valence-corrected chi connectivity index (χ3v) is 3.89. The number of nitro benzene ring substituents is 1. The molecule has 0 aliphatic rings. The maximum absolute atomic E-state index is 12.5. The number of nitrogens with zero attached hydrogens (tertiary/aromatic N) is 3. The highest BCUT2D eigenvalue weighted by Gasteiger charge is 2.22. The lowest BCUT2D eigenvalue weighted by Crippen LogP contribution is -2.15. The number of rotatable bonds is 6. The Balaban J connectivity index is 1.91. The van der Waals surface area contributed by atoms with E-state index in [9.17, 15) is 24.8 Å². The molecule has 0 aliphatic carbocycles. The number of carboxylic acids is 1. The molecule has 0 radical (unpaired) electrons. The summed E-state index contributed by atoms with van der Waals surface area (Å²) in [6.45, 7) is 1.91. The number of aromatic nitrogens is 2. The number of amides is 1. The fourth-order valence-corrected chi connectivity index (χ4v) is 2.57. The standard InChI is InChI=1S/C19H16N4O6/c1-11-3-5-14(6-4-11)29-15-8-12(7-13(9-15)23(27)28)20-18(24)16-10-22(2)21-17(16)19(25)26/h3-10H,1-2H3,(H,20,24)(H,25,26). The van der Waals surface area contributed by atoms with Gasteiger partial charge in [-0.05, 0) is 19.1 Å². The largest absolute Gasteiger partial charge is 0.476 e. The van der Waals surface area contributed by atoms with Crippen LogP contribution in [0.15, 0.2) is 48.7 Å². The van der Waals surface area contributed by atoms with Crippen molar-refractivity contribution in [1.29, 1.82) is 0 Å². The minimum Gasteiger partial charge on any atom is -0.476 e.